The van der Waals surface area contributed by atoms with Gasteiger partial charge in [0, 0.05) is 7.05 Å². The van der Waals surface area contributed by atoms with Crippen LogP contribution in [0.1, 0.15) is 0 Å². The molecule has 0 aliphatic rings. The highest BCUT2D eigenvalue weighted by molar-refractivity contribution is 5.72. The molecule has 0 radical (unpaired) electrons. The molecule has 14 heavy (non-hydrogen) atoms. The van der Waals surface area contributed by atoms with Gasteiger partial charge < -0.3 is 5.11 Å². The Balaban J connectivity index is 2.70. The lowest BCUT2D eigenvalue weighted by Crippen LogP contribution is -2.25. The Morgan fingerprint density at radius 3 is 3.07 bits per heavy atom. The van der Waals surface area contributed by atoms with Crippen molar-refractivity contribution in [1.29, 1.82) is 0 Å². The summed E-state index contributed by atoms with van der Waals surface area (Å²) in [5.41, 5.74) is 0.168. The van der Waals surface area contributed by atoms with Crippen LogP contribution in [-0.2, 0) is 13.6 Å². The number of nitrogens with zero attached hydrogens (tertiary/aromatic N) is 5. The van der Waals surface area contributed by atoms with Gasteiger partial charge in [0.2, 0.25) is 0 Å². The number of hydrogen-bond acceptors (Lipinski definition) is 5. The fourth-order valence-corrected chi connectivity index (χ4v) is 1.22. The van der Waals surface area contributed by atoms with Crippen molar-refractivity contribution in [3.05, 3.63) is 16.6 Å². The summed E-state index contributed by atoms with van der Waals surface area (Å²) in [6.07, 6.45) is 1.44. The third-order valence-electron chi connectivity index (χ3n) is 1.93. The molecule has 0 aliphatic carbocycles. The van der Waals surface area contributed by atoms with Crippen molar-refractivity contribution < 1.29 is 5.11 Å². The zero-order valence-electron chi connectivity index (χ0n) is 7.58. The minimum absolute atomic E-state index is 0.139. The van der Waals surface area contributed by atoms with Crippen LogP contribution < -0.4 is 5.56 Å². The lowest BCUT2D eigenvalue weighted by molar-refractivity contribution is 0.264. The topological polar surface area (TPSA) is 85.8 Å². The molecule has 74 valence electrons. The predicted octanol–water partition coefficient (Wildman–Crippen LogP) is -1.48. The van der Waals surface area contributed by atoms with Gasteiger partial charge in [-0.05, 0) is 0 Å². The first-order valence-corrected chi connectivity index (χ1v) is 4.10. The van der Waals surface area contributed by atoms with Crippen molar-refractivity contribution in [3.63, 3.8) is 0 Å². The molecule has 2 aromatic rings. The summed E-state index contributed by atoms with van der Waals surface area (Å²) in [5.74, 6) is 0. The second-order valence-corrected chi connectivity index (χ2v) is 2.85. The highest BCUT2D eigenvalue weighted by atomic mass is 16.3. The summed E-state index contributed by atoms with van der Waals surface area (Å²) in [7, 11) is 1.69. The average molecular weight is 195 g/mol. The van der Waals surface area contributed by atoms with E-state index in [1.807, 2.05) is 0 Å². The Labute approximate surface area is 78.6 Å². The van der Waals surface area contributed by atoms with Gasteiger partial charge in [0.15, 0.2) is 5.65 Å². The van der Waals surface area contributed by atoms with E-state index in [4.69, 9.17) is 5.11 Å². The summed E-state index contributed by atoms with van der Waals surface area (Å²) < 4.78 is 2.59. The molecule has 0 atom stereocenters. The smallest absolute Gasteiger partial charge is 0.280 e. The number of aliphatic hydroxyl groups is 1. The van der Waals surface area contributed by atoms with Gasteiger partial charge in [0.1, 0.15) is 5.39 Å². The molecule has 0 unspecified atom stereocenters. The van der Waals surface area contributed by atoms with Gasteiger partial charge in [0.05, 0.1) is 19.3 Å². The Hall–Kier alpha value is -1.76. The molecule has 2 aromatic heterocycles. The van der Waals surface area contributed by atoms with E-state index in [-0.39, 0.29) is 18.7 Å². The van der Waals surface area contributed by atoms with Gasteiger partial charge in [-0.15, -0.1) is 5.10 Å². The SMILES string of the molecule is Cn1ncc2c(=O)n(CCO)nnc21. The average Bonchev–Trinajstić information content (AvgIpc) is 2.54. The molecule has 0 saturated heterocycles. The maximum Gasteiger partial charge on any atom is 0.280 e. The van der Waals surface area contributed by atoms with Crippen LogP contribution in [0.4, 0.5) is 0 Å². The van der Waals surface area contributed by atoms with E-state index in [9.17, 15) is 4.79 Å². The summed E-state index contributed by atoms with van der Waals surface area (Å²) in [6, 6.07) is 0. The van der Waals surface area contributed by atoms with Gasteiger partial charge in [-0.1, -0.05) is 5.21 Å². The quantitative estimate of drug-likeness (QED) is 0.631. The van der Waals surface area contributed by atoms with Crippen LogP contribution in [-0.4, -0.2) is 36.5 Å². The second kappa shape index (κ2) is 3.18. The molecule has 2 rings (SSSR count). The molecule has 0 saturated carbocycles. The van der Waals surface area contributed by atoms with E-state index in [2.05, 4.69) is 15.4 Å². The Morgan fingerprint density at radius 2 is 2.36 bits per heavy atom. The number of aliphatic hydroxyl groups excluding tert-OH is 1. The van der Waals surface area contributed by atoms with E-state index < -0.39 is 0 Å². The van der Waals surface area contributed by atoms with E-state index in [1.165, 1.54) is 10.9 Å². The van der Waals surface area contributed by atoms with Crippen LogP contribution in [0, 0.1) is 0 Å². The van der Waals surface area contributed by atoms with Crippen LogP contribution in [0.25, 0.3) is 11.0 Å². The molecule has 1 N–H and O–H groups in total. The number of hydrogen-bond donors (Lipinski definition) is 1. The summed E-state index contributed by atoms with van der Waals surface area (Å²) in [4.78, 5) is 11.6. The van der Waals surface area contributed by atoms with Crippen LogP contribution in [0.2, 0.25) is 0 Å². The first kappa shape index (κ1) is 8.82. The number of fused-ring (bicyclic) bond motifs is 1. The first-order valence-electron chi connectivity index (χ1n) is 4.10. The molecule has 0 aliphatic heterocycles. The molecule has 7 heteroatoms. The largest absolute Gasteiger partial charge is 0.394 e. The molecular formula is C7H9N5O2. The molecule has 0 bridgehead atoms. The van der Waals surface area contributed by atoms with Crippen molar-refractivity contribution >= 4 is 11.0 Å². The molecule has 0 aromatic carbocycles. The van der Waals surface area contributed by atoms with Crippen molar-refractivity contribution in [2.45, 2.75) is 6.54 Å². The summed E-state index contributed by atoms with van der Waals surface area (Å²) >= 11 is 0. The molecule has 7 nitrogen and oxygen atoms in total. The Kier molecular flexibility index (Phi) is 2.01. The minimum Gasteiger partial charge on any atom is -0.394 e. The predicted molar refractivity (Wildman–Crippen MR) is 47.6 cm³/mol. The van der Waals surface area contributed by atoms with Crippen molar-refractivity contribution in [2.75, 3.05) is 6.61 Å². The van der Waals surface area contributed by atoms with Crippen molar-refractivity contribution in [2.24, 2.45) is 7.05 Å². The van der Waals surface area contributed by atoms with Crippen molar-refractivity contribution in [3.8, 4) is 0 Å². The Bertz CT molecular complexity index is 514. The fraction of sp³-hybridized carbons (Fsp3) is 0.429. The highest BCUT2D eigenvalue weighted by Crippen LogP contribution is 2.00. The maximum atomic E-state index is 11.6. The molecule has 0 amide bonds. The zero-order valence-corrected chi connectivity index (χ0v) is 7.58. The molecule has 0 spiro atoms. The number of aromatic nitrogens is 5. The van der Waals surface area contributed by atoms with E-state index in [0.717, 1.165) is 4.68 Å². The fourth-order valence-electron chi connectivity index (χ4n) is 1.22. The second-order valence-electron chi connectivity index (χ2n) is 2.85. The van der Waals surface area contributed by atoms with E-state index in [0.29, 0.717) is 11.0 Å². The molecule has 0 fully saturated rings. The van der Waals surface area contributed by atoms with Crippen LogP contribution in [0.3, 0.4) is 0 Å². The molecular weight excluding hydrogens is 186 g/mol. The van der Waals surface area contributed by atoms with Crippen LogP contribution in [0.5, 0.6) is 0 Å². The number of aryl methyl sites for hydroxylation is 1. The lowest BCUT2D eigenvalue weighted by Gasteiger charge is -1.99. The minimum atomic E-state index is -0.280. The van der Waals surface area contributed by atoms with E-state index in [1.54, 1.807) is 7.05 Å². The standard InChI is InChI=1S/C7H9N5O2/c1-11-6-5(4-8-11)7(14)12(2-3-13)10-9-6/h4,13H,2-3H2,1H3. The van der Waals surface area contributed by atoms with Crippen LogP contribution in [0.15, 0.2) is 11.0 Å². The summed E-state index contributed by atoms with van der Waals surface area (Å²) in [6.45, 7) is 0.0109. The van der Waals surface area contributed by atoms with Gasteiger partial charge >= 0.3 is 0 Å². The first-order chi connectivity index (χ1) is 6.74. The third kappa shape index (κ3) is 1.18. The normalized spacial score (nSPS) is 11.0. The lowest BCUT2D eigenvalue weighted by atomic mass is 10.4. The van der Waals surface area contributed by atoms with Gasteiger partial charge in [0.25, 0.3) is 5.56 Å². The van der Waals surface area contributed by atoms with Crippen molar-refractivity contribution in [1.82, 2.24) is 24.8 Å². The maximum absolute atomic E-state index is 11.6. The monoisotopic (exact) mass is 195 g/mol. The Morgan fingerprint density at radius 1 is 1.57 bits per heavy atom. The third-order valence-corrected chi connectivity index (χ3v) is 1.93. The van der Waals surface area contributed by atoms with Gasteiger partial charge in [-0.2, -0.15) is 5.10 Å². The van der Waals surface area contributed by atoms with E-state index >= 15 is 0 Å². The van der Waals surface area contributed by atoms with Gasteiger partial charge in [-0.3, -0.25) is 4.79 Å². The van der Waals surface area contributed by atoms with Gasteiger partial charge in [-0.25, -0.2) is 9.36 Å². The number of rotatable bonds is 2. The molecule has 2 heterocycles. The summed E-state index contributed by atoms with van der Waals surface area (Å²) in [5, 5.41) is 20.5. The highest BCUT2D eigenvalue weighted by Gasteiger charge is 2.08. The van der Waals surface area contributed by atoms with Crippen LogP contribution >= 0.6 is 0 Å². The zero-order chi connectivity index (χ0) is 10.1.